The molecule has 0 radical (unpaired) electrons. The molecular formula is C13H18N4O3. The van der Waals surface area contributed by atoms with Gasteiger partial charge in [-0.25, -0.2) is 4.79 Å². The van der Waals surface area contributed by atoms with Gasteiger partial charge < -0.3 is 14.7 Å². The van der Waals surface area contributed by atoms with Gasteiger partial charge in [0.1, 0.15) is 0 Å². The van der Waals surface area contributed by atoms with E-state index in [-0.39, 0.29) is 5.69 Å². The topological polar surface area (TPSA) is 78.8 Å². The van der Waals surface area contributed by atoms with E-state index < -0.39 is 5.97 Å². The molecule has 0 spiro atoms. The lowest BCUT2D eigenvalue weighted by molar-refractivity contribution is 0.0209. The van der Waals surface area contributed by atoms with Gasteiger partial charge in [0.15, 0.2) is 11.5 Å². The molecule has 0 aromatic carbocycles. The summed E-state index contributed by atoms with van der Waals surface area (Å²) in [6.45, 7) is 5.45. The van der Waals surface area contributed by atoms with Gasteiger partial charge in [-0.1, -0.05) is 0 Å². The Morgan fingerprint density at radius 1 is 1.25 bits per heavy atom. The van der Waals surface area contributed by atoms with E-state index in [0.717, 1.165) is 51.6 Å². The molecule has 2 saturated heterocycles. The SMILES string of the molecule is O=C(O)c1ccc(N2CCC(N3CCOCC3)C2)nn1. The van der Waals surface area contributed by atoms with Crippen molar-refractivity contribution < 1.29 is 14.6 Å². The van der Waals surface area contributed by atoms with E-state index >= 15 is 0 Å². The van der Waals surface area contributed by atoms with Crippen molar-refractivity contribution in [2.75, 3.05) is 44.3 Å². The summed E-state index contributed by atoms with van der Waals surface area (Å²) in [7, 11) is 0. The van der Waals surface area contributed by atoms with Crippen molar-refractivity contribution in [1.29, 1.82) is 0 Å². The maximum atomic E-state index is 10.8. The molecule has 1 atom stereocenters. The number of carboxylic acid groups (broad SMARTS) is 1. The van der Waals surface area contributed by atoms with Crippen molar-refractivity contribution in [3.05, 3.63) is 17.8 Å². The van der Waals surface area contributed by atoms with Crippen LogP contribution in [0.1, 0.15) is 16.9 Å². The standard InChI is InChI=1S/C13H18N4O3/c18-13(19)11-1-2-12(15-14-11)17-4-3-10(9-17)16-5-7-20-8-6-16/h1-2,10H,3-9H2,(H,18,19). The first-order valence-corrected chi connectivity index (χ1v) is 6.88. The van der Waals surface area contributed by atoms with Gasteiger partial charge in [-0.15, -0.1) is 10.2 Å². The molecule has 1 unspecified atom stereocenters. The van der Waals surface area contributed by atoms with Crippen LogP contribution in [0.25, 0.3) is 0 Å². The molecule has 1 aromatic rings. The van der Waals surface area contributed by atoms with Crippen LogP contribution in [0.3, 0.4) is 0 Å². The summed E-state index contributed by atoms with van der Waals surface area (Å²) in [5, 5.41) is 16.6. The van der Waals surface area contributed by atoms with Crippen LogP contribution in [0, 0.1) is 0 Å². The van der Waals surface area contributed by atoms with Gasteiger partial charge in [0.05, 0.1) is 13.2 Å². The number of ether oxygens (including phenoxy) is 1. The van der Waals surface area contributed by atoms with E-state index in [1.807, 2.05) is 0 Å². The summed E-state index contributed by atoms with van der Waals surface area (Å²) >= 11 is 0. The van der Waals surface area contributed by atoms with Crippen molar-refractivity contribution >= 4 is 11.8 Å². The highest BCUT2D eigenvalue weighted by atomic mass is 16.5. The van der Waals surface area contributed by atoms with Crippen LogP contribution in [0.15, 0.2) is 12.1 Å². The smallest absolute Gasteiger partial charge is 0.356 e. The zero-order chi connectivity index (χ0) is 13.9. The fraction of sp³-hybridized carbons (Fsp3) is 0.615. The number of nitrogens with zero attached hydrogens (tertiary/aromatic N) is 4. The molecule has 3 heterocycles. The van der Waals surface area contributed by atoms with Gasteiger partial charge in [-0.3, -0.25) is 4.90 Å². The number of anilines is 1. The number of carbonyl (C=O) groups is 1. The largest absolute Gasteiger partial charge is 0.476 e. The lowest BCUT2D eigenvalue weighted by Crippen LogP contribution is -2.44. The third-order valence-electron chi connectivity index (χ3n) is 3.92. The summed E-state index contributed by atoms with van der Waals surface area (Å²) < 4.78 is 5.37. The first-order valence-electron chi connectivity index (χ1n) is 6.88. The maximum absolute atomic E-state index is 10.8. The average Bonchev–Trinajstić information content (AvgIpc) is 2.98. The predicted octanol–water partition coefficient (Wildman–Crippen LogP) is 0.0857. The van der Waals surface area contributed by atoms with Crippen LogP contribution in [0.2, 0.25) is 0 Å². The average molecular weight is 278 g/mol. The molecule has 2 fully saturated rings. The van der Waals surface area contributed by atoms with Crippen molar-refractivity contribution in [3.63, 3.8) is 0 Å². The Bertz CT molecular complexity index is 473. The van der Waals surface area contributed by atoms with E-state index in [0.29, 0.717) is 6.04 Å². The Balaban J connectivity index is 1.62. The van der Waals surface area contributed by atoms with Crippen LogP contribution in [0.5, 0.6) is 0 Å². The fourth-order valence-electron chi connectivity index (χ4n) is 2.80. The van der Waals surface area contributed by atoms with E-state index in [1.165, 1.54) is 6.07 Å². The molecule has 0 amide bonds. The quantitative estimate of drug-likeness (QED) is 0.839. The highest BCUT2D eigenvalue weighted by Crippen LogP contribution is 2.21. The first kappa shape index (κ1) is 13.3. The summed E-state index contributed by atoms with van der Waals surface area (Å²) in [5.41, 5.74) is -0.0160. The summed E-state index contributed by atoms with van der Waals surface area (Å²) in [5.74, 6) is -0.289. The lowest BCUT2D eigenvalue weighted by Gasteiger charge is -2.32. The van der Waals surface area contributed by atoms with Crippen LogP contribution in [0.4, 0.5) is 5.82 Å². The number of aromatic nitrogens is 2. The second kappa shape index (κ2) is 5.72. The normalized spacial score (nSPS) is 24.0. The fourth-order valence-corrected chi connectivity index (χ4v) is 2.80. The van der Waals surface area contributed by atoms with E-state index in [2.05, 4.69) is 20.0 Å². The molecule has 3 rings (SSSR count). The Morgan fingerprint density at radius 3 is 2.70 bits per heavy atom. The van der Waals surface area contributed by atoms with E-state index in [1.54, 1.807) is 6.07 Å². The molecule has 0 saturated carbocycles. The molecular weight excluding hydrogens is 260 g/mol. The van der Waals surface area contributed by atoms with Crippen molar-refractivity contribution in [2.24, 2.45) is 0 Å². The molecule has 108 valence electrons. The summed E-state index contributed by atoms with van der Waals surface area (Å²) in [6.07, 6.45) is 1.10. The Labute approximate surface area is 117 Å². The Kier molecular flexibility index (Phi) is 3.79. The molecule has 7 nitrogen and oxygen atoms in total. The molecule has 1 N–H and O–H groups in total. The van der Waals surface area contributed by atoms with Crippen LogP contribution >= 0.6 is 0 Å². The van der Waals surface area contributed by atoms with Gasteiger partial charge in [0, 0.05) is 32.2 Å². The van der Waals surface area contributed by atoms with Gasteiger partial charge in [0.2, 0.25) is 0 Å². The number of morpholine rings is 1. The molecule has 1 aromatic heterocycles. The van der Waals surface area contributed by atoms with Gasteiger partial charge in [-0.05, 0) is 18.6 Å². The van der Waals surface area contributed by atoms with Crippen LogP contribution < -0.4 is 4.90 Å². The minimum Gasteiger partial charge on any atom is -0.476 e. The summed E-state index contributed by atoms with van der Waals surface area (Å²) in [6, 6.07) is 3.77. The number of carboxylic acids is 1. The Morgan fingerprint density at radius 2 is 2.05 bits per heavy atom. The van der Waals surface area contributed by atoms with Gasteiger partial charge >= 0.3 is 5.97 Å². The molecule has 20 heavy (non-hydrogen) atoms. The molecule has 7 heteroatoms. The second-order valence-corrected chi connectivity index (χ2v) is 5.12. The molecule has 2 aliphatic heterocycles. The van der Waals surface area contributed by atoms with Crippen molar-refractivity contribution in [3.8, 4) is 0 Å². The number of hydrogen-bond donors (Lipinski definition) is 1. The predicted molar refractivity (Wildman–Crippen MR) is 72.0 cm³/mol. The third kappa shape index (κ3) is 2.73. The first-order chi connectivity index (χ1) is 9.74. The lowest BCUT2D eigenvalue weighted by atomic mass is 10.2. The maximum Gasteiger partial charge on any atom is 0.356 e. The molecule has 0 aliphatic carbocycles. The zero-order valence-electron chi connectivity index (χ0n) is 11.2. The Hall–Kier alpha value is -1.73. The number of hydrogen-bond acceptors (Lipinski definition) is 6. The monoisotopic (exact) mass is 278 g/mol. The zero-order valence-corrected chi connectivity index (χ0v) is 11.2. The van der Waals surface area contributed by atoms with Crippen LogP contribution in [-0.4, -0.2) is 71.6 Å². The van der Waals surface area contributed by atoms with Crippen LogP contribution in [-0.2, 0) is 4.74 Å². The molecule has 2 aliphatic rings. The second-order valence-electron chi connectivity index (χ2n) is 5.12. The number of aromatic carboxylic acids is 1. The van der Waals surface area contributed by atoms with Crippen molar-refractivity contribution in [2.45, 2.75) is 12.5 Å². The minimum atomic E-state index is -1.04. The minimum absolute atomic E-state index is 0.0160. The third-order valence-corrected chi connectivity index (χ3v) is 3.92. The van der Waals surface area contributed by atoms with E-state index in [9.17, 15) is 4.79 Å². The summed E-state index contributed by atoms with van der Waals surface area (Å²) in [4.78, 5) is 15.4. The highest BCUT2D eigenvalue weighted by molar-refractivity contribution is 5.85. The highest BCUT2D eigenvalue weighted by Gasteiger charge is 2.29. The van der Waals surface area contributed by atoms with E-state index in [4.69, 9.17) is 9.84 Å². The van der Waals surface area contributed by atoms with Gasteiger partial charge in [-0.2, -0.15) is 0 Å². The number of rotatable bonds is 3. The van der Waals surface area contributed by atoms with Gasteiger partial charge in [0.25, 0.3) is 0 Å². The van der Waals surface area contributed by atoms with Crippen molar-refractivity contribution in [1.82, 2.24) is 15.1 Å². The molecule has 0 bridgehead atoms.